The van der Waals surface area contributed by atoms with E-state index in [4.69, 9.17) is 0 Å². The maximum atomic E-state index is 12.4. The van der Waals surface area contributed by atoms with Crippen LogP contribution in [0.4, 0.5) is 16.4 Å². The Morgan fingerprint density at radius 3 is 2.71 bits per heavy atom. The summed E-state index contributed by atoms with van der Waals surface area (Å²) in [5.74, 6) is 1.04. The zero-order chi connectivity index (χ0) is 15.0. The SMILES string of the molecule is CN(C)c1ncc(NC(=O)N2CC[C@@H]3CC[C@@H](O)[C@@H]32)cn1. The summed E-state index contributed by atoms with van der Waals surface area (Å²) in [6, 6.07) is -0.211. The molecule has 2 heterocycles. The zero-order valence-corrected chi connectivity index (χ0v) is 12.4. The average molecular weight is 291 g/mol. The molecule has 1 saturated heterocycles. The van der Waals surface area contributed by atoms with Crippen LogP contribution in [0.3, 0.4) is 0 Å². The highest BCUT2D eigenvalue weighted by atomic mass is 16.3. The van der Waals surface area contributed by atoms with Gasteiger partial charge in [-0.25, -0.2) is 14.8 Å². The number of likely N-dealkylation sites (tertiary alicyclic amines) is 1. The van der Waals surface area contributed by atoms with E-state index in [0.717, 1.165) is 19.3 Å². The molecule has 3 rings (SSSR count). The molecule has 0 aromatic carbocycles. The largest absolute Gasteiger partial charge is 0.391 e. The van der Waals surface area contributed by atoms with Gasteiger partial charge in [0.1, 0.15) is 0 Å². The van der Waals surface area contributed by atoms with Gasteiger partial charge in [-0.2, -0.15) is 0 Å². The lowest BCUT2D eigenvalue weighted by Crippen LogP contribution is -2.44. The van der Waals surface area contributed by atoms with Crippen molar-refractivity contribution in [3.63, 3.8) is 0 Å². The first-order valence-corrected chi connectivity index (χ1v) is 7.31. The first kappa shape index (κ1) is 14.1. The predicted molar refractivity (Wildman–Crippen MR) is 79.2 cm³/mol. The summed E-state index contributed by atoms with van der Waals surface area (Å²) < 4.78 is 0. The molecule has 21 heavy (non-hydrogen) atoms. The van der Waals surface area contributed by atoms with Crippen LogP contribution in [-0.2, 0) is 0 Å². The molecule has 1 aromatic heterocycles. The number of aliphatic hydroxyl groups excluding tert-OH is 1. The fourth-order valence-corrected chi connectivity index (χ4v) is 3.32. The third kappa shape index (κ3) is 2.65. The van der Waals surface area contributed by atoms with E-state index in [-0.39, 0.29) is 12.1 Å². The molecule has 1 aliphatic carbocycles. The predicted octanol–water partition coefficient (Wildman–Crippen LogP) is 0.920. The Morgan fingerprint density at radius 2 is 2.05 bits per heavy atom. The van der Waals surface area contributed by atoms with Gasteiger partial charge in [0.15, 0.2) is 0 Å². The van der Waals surface area contributed by atoms with Gasteiger partial charge in [-0.1, -0.05) is 0 Å². The normalized spacial score (nSPS) is 27.6. The molecular formula is C14H21N5O2. The molecule has 114 valence electrons. The fraction of sp³-hybridized carbons (Fsp3) is 0.643. The number of anilines is 2. The molecule has 3 atom stereocenters. The molecule has 1 aromatic rings. The van der Waals surface area contributed by atoms with Crippen molar-refractivity contribution in [3.05, 3.63) is 12.4 Å². The number of hydrogen-bond acceptors (Lipinski definition) is 5. The summed E-state index contributed by atoms with van der Waals surface area (Å²) in [5.41, 5.74) is 0.571. The van der Waals surface area contributed by atoms with Crippen LogP contribution < -0.4 is 10.2 Å². The quantitative estimate of drug-likeness (QED) is 0.847. The summed E-state index contributed by atoms with van der Waals surface area (Å²) >= 11 is 0. The van der Waals surface area contributed by atoms with Gasteiger partial charge >= 0.3 is 6.03 Å². The molecule has 0 unspecified atom stereocenters. The molecule has 1 aliphatic heterocycles. The molecule has 2 fully saturated rings. The number of rotatable bonds is 2. The molecule has 0 spiro atoms. The second-order valence-electron chi connectivity index (χ2n) is 5.97. The van der Waals surface area contributed by atoms with E-state index in [0.29, 0.717) is 24.1 Å². The summed E-state index contributed by atoms with van der Waals surface area (Å²) in [6.07, 6.45) is 5.58. The van der Waals surface area contributed by atoms with Crippen molar-refractivity contribution in [2.24, 2.45) is 5.92 Å². The highest BCUT2D eigenvalue weighted by Crippen LogP contribution is 2.38. The highest BCUT2D eigenvalue weighted by molar-refractivity contribution is 5.89. The summed E-state index contributed by atoms with van der Waals surface area (Å²) in [5, 5.41) is 12.8. The van der Waals surface area contributed by atoms with Gasteiger partial charge in [-0.15, -0.1) is 0 Å². The number of urea groups is 1. The lowest BCUT2D eigenvalue weighted by Gasteiger charge is -2.26. The number of nitrogens with one attached hydrogen (secondary N) is 1. The van der Waals surface area contributed by atoms with Crippen molar-refractivity contribution in [2.45, 2.75) is 31.4 Å². The van der Waals surface area contributed by atoms with Crippen molar-refractivity contribution >= 4 is 17.7 Å². The minimum Gasteiger partial charge on any atom is -0.391 e. The van der Waals surface area contributed by atoms with E-state index >= 15 is 0 Å². The minimum absolute atomic E-state index is 0.0352. The van der Waals surface area contributed by atoms with Crippen LogP contribution in [0, 0.1) is 5.92 Å². The third-order valence-electron chi connectivity index (χ3n) is 4.36. The highest BCUT2D eigenvalue weighted by Gasteiger charge is 2.45. The molecule has 0 radical (unpaired) electrons. The average Bonchev–Trinajstić information content (AvgIpc) is 3.03. The lowest BCUT2D eigenvalue weighted by atomic mass is 10.0. The Kier molecular flexibility index (Phi) is 3.67. The Morgan fingerprint density at radius 1 is 1.33 bits per heavy atom. The third-order valence-corrected chi connectivity index (χ3v) is 4.36. The van der Waals surface area contributed by atoms with Gasteiger partial charge in [0, 0.05) is 20.6 Å². The standard InChI is InChI=1S/C14H21N5O2/c1-18(2)13-15-7-10(8-16-13)17-14(21)19-6-5-9-3-4-11(20)12(9)19/h7-9,11-12,20H,3-6H2,1-2H3,(H,17,21)/t9-,11+,12+/m0/s1. The molecule has 1 saturated carbocycles. The van der Waals surface area contributed by atoms with Crippen molar-refractivity contribution in [1.82, 2.24) is 14.9 Å². The van der Waals surface area contributed by atoms with Gasteiger partial charge in [0.05, 0.1) is 30.2 Å². The maximum Gasteiger partial charge on any atom is 0.322 e. The number of nitrogens with zero attached hydrogens (tertiary/aromatic N) is 4. The van der Waals surface area contributed by atoms with Gasteiger partial charge in [0.2, 0.25) is 5.95 Å². The van der Waals surface area contributed by atoms with Gasteiger partial charge < -0.3 is 20.2 Å². The Labute approximate surface area is 124 Å². The smallest absolute Gasteiger partial charge is 0.322 e. The monoisotopic (exact) mass is 291 g/mol. The molecule has 7 nitrogen and oxygen atoms in total. The van der Waals surface area contributed by atoms with E-state index < -0.39 is 6.10 Å². The van der Waals surface area contributed by atoms with Crippen LogP contribution in [-0.4, -0.2) is 58.8 Å². The van der Waals surface area contributed by atoms with Gasteiger partial charge in [-0.05, 0) is 25.2 Å². The van der Waals surface area contributed by atoms with Crippen LogP contribution in [0.25, 0.3) is 0 Å². The number of amides is 2. The second-order valence-corrected chi connectivity index (χ2v) is 5.97. The lowest BCUT2D eigenvalue weighted by molar-refractivity contribution is 0.101. The number of hydrogen-bond donors (Lipinski definition) is 2. The Balaban J connectivity index is 1.66. The molecule has 0 bridgehead atoms. The number of fused-ring (bicyclic) bond motifs is 1. The van der Waals surface area contributed by atoms with Crippen LogP contribution >= 0.6 is 0 Å². The van der Waals surface area contributed by atoms with Gasteiger partial charge in [-0.3, -0.25) is 0 Å². The summed E-state index contributed by atoms with van der Waals surface area (Å²) in [4.78, 5) is 24.3. The number of carbonyl (C=O) groups is 1. The molecule has 2 amide bonds. The van der Waals surface area contributed by atoms with Crippen molar-refractivity contribution in [2.75, 3.05) is 30.9 Å². The van der Waals surface area contributed by atoms with Crippen molar-refractivity contribution in [1.29, 1.82) is 0 Å². The summed E-state index contributed by atoms with van der Waals surface area (Å²) in [6.45, 7) is 0.703. The van der Waals surface area contributed by atoms with Crippen LogP contribution in [0.15, 0.2) is 12.4 Å². The first-order chi connectivity index (χ1) is 10.1. The first-order valence-electron chi connectivity index (χ1n) is 7.31. The van der Waals surface area contributed by atoms with E-state index in [1.54, 1.807) is 22.2 Å². The number of carbonyl (C=O) groups excluding carboxylic acids is 1. The number of aliphatic hydroxyl groups is 1. The molecular weight excluding hydrogens is 270 g/mol. The van der Waals surface area contributed by atoms with Gasteiger partial charge in [0.25, 0.3) is 0 Å². The van der Waals surface area contributed by atoms with E-state index in [9.17, 15) is 9.90 Å². The second kappa shape index (κ2) is 5.48. The van der Waals surface area contributed by atoms with Crippen LogP contribution in [0.2, 0.25) is 0 Å². The number of aromatic nitrogens is 2. The summed E-state index contributed by atoms with van der Waals surface area (Å²) in [7, 11) is 3.72. The van der Waals surface area contributed by atoms with E-state index in [2.05, 4.69) is 15.3 Å². The molecule has 2 N–H and O–H groups in total. The minimum atomic E-state index is -0.393. The Bertz CT molecular complexity index is 519. The van der Waals surface area contributed by atoms with E-state index in [1.807, 2.05) is 14.1 Å². The van der Waals surface area contributed by atoms with Crippen molar-refractivity contribution in [3.8, 4) is 0 Å². The molecule has 7 heteroatoms. The zero-order valence-electron chi connectivity index (χ0n) is 12.4. The topological polar surface area (TPSA) is 81.6 Å². The Hall–Kier alpha value is -1.89. The molecule has 2 aliphatic rings. The van der Waals surface area contributed by atoms with Crippen LogP contribution in [0.1, 0.15) is 19.3 Å². The van der Waals surface area contributed by atoms with E-state index in [1.165, 1.54) is 0 Å². The van der Waals surface area contributed by atoms with Crippen LogP contribution in [0.5, 0.6) is 0 Å². The maximum absolute atomic E-state index is 12.4. The van der Waals surface area contributed by atoms with Crippen molar-refractivity contribution < 1.29 is 9.90 Å². The fourth-order valence-electron chi connectivity index (χ4n) is 3.32.